The van der Waals surface area contributed by atoms with E-state index in [9.17, 15) is 9.59 Å². The third-order valence-electron chi connectivity index (χ3n) is 6.18. The van der Waals surface area contributed by atoms with E-state index in [-0.39, 0.29) is 29.4 Å². The van der Waals surface area contributed by atoms with Gasteiger partial charge in [-0.3, -0.25) is 15.0 Å². The molecular formula is C27H22BrClN4O2S. The van der Waals surface area contributed by atoms with E-state index in [1.807, 2.05) is 55.5 Å². The molecule has 1 fully saturated rings. The number of anilines is 1. The zero-order valence-corrected chi connectivity index (χ0v) is 22.5. The number of benzene rings is 3. The van der Waals surface area contributed by atoms with Gasteiger partial charge in [-0.25, -0.2) is 9.91 Å². The molecule has 2 amide bonds. The number of hydrogen-bond donors (Lipinski definition) is 1. The second-order valence-corrected chi connectivity index (χ2v) is 11.2. The van der Waals surface area contributed by atoms with Gasteiger partial charge in [-0.2, -0.15) is 5.10 Å². The fourth-order valence-electron chi connectivity index (χ4n) is 4.33. The van der Waals surface area contributed by atoms with Gasteiger partial charge in [-0.1, -0.05) is 87.3 Å². The summed E-state index contributed by atoms with van der Waals surface area (Å²) < 4.78 is 0.969. The lowest BCUT2D eigenvalue weighted by atomic mass is 9.98. The van der Waals surface area contributed by atoms with Crippen LogP contribution in [0.3, 0.4) is 0 Å². The number of amidine groups is 1. The number of carbonyl (C=O) groups is 2. The van der Waals surface area contributed by atoms with Gasteiger partial charge in [-0.05, 0) is 48.4 Å². The third-order valence-corrected chi connectivity index (χ3v) is 8.01. The molecule has 0 radical (unpaired) electrons. The van der Waals surface area contributed by atoms with E-state index in [0.717, 1.165) is 43.5 Å². The summed E-state index contributed by atoms with van der Waals surface area (Å²) in [6, 6.07) is 22.6. The summed E-state index contributed by atoms with van der Waals surface area (Å²) in [5.41, 5.74) is 4.50. The molecule has 1 N–H and O–H groups in total. The largest absolute Gasteiger partial charge is 0.277 e. The Kier molecular flexibility index (Phi) is 7.01. The molecule has 0 bridgehead atoms. The Balaban J connectivity index is 1.40. The molecule has 3 aromatic carbocycles. The topological polar surface area (TPSA) is 76.8 Å². The lowest BCUT2D eigenvalue weighted by Gasteiger charge is -2.24. The quantitative estimate of drug-likeness (QED) is 0.215. The Labute approximate surface area is 227 Å². The number of aryl methyl sites for hydroxylation is 1. The molecule has 5 rings (SSSR count). The van der Waals surface area contributed by atoms with Crippen LogP contribution in [-0.4, -0.2) is 33.0 Å². The Hall–Kier alpha value is -2.94. The first-order valence-electron chi connectivity index (χ1n) is 11.4. The van der Waals surface area contributed by atoms with Crippen LogP contribution < -0.4 is 4.90 Å². The summed E-state index contributed by atoms with van der Waals surface area (Å²) in [4.78, 5) is 27.1. The highest BCUT2D eigenvalue weighted by atomic mass is 79.9. The Bertz CT molecular complexity index is 1380. The van der Waals surface area contributed by atoms with Crippen LogP contribution in [0.15, 0.2) is 82.4 Å². The van der Waals surface area contributed by atoms with Crippen LogP contribution in [0.25, 0.3) is 0 Å². The zero-order valence-electron chi connectivity index (χ0n) is 19.3. The van der Waals surface area contributed by atoms with E-state index >= 15 is 0 Å². The van der Waals surface area contributed by atoms with E-state index in [4.69, 9.17) is 22.1 Å². The normalized spacial score (nSPS) is 19.7. The molecule has 9 heteroatoms. The number of nitrogens with zero attached hydrogens (tertiary/aromatic N) is 3. The van der Waals surface area contributed by atoms with Crippen molar-refractivity contribution in [2.45, 2.75) is 31.1 Å². The molecule has 3 aromatic rings. The van der Waals surface area contributed by atoms with Crippen LogP contribution in [0.2, 0.25) is 5.02 Å². The molecule has 36 heavy (non-hydrogen) atoms. The molecule has 0 unspecified atom stereocenters. The van der Waals surface area contributed by atoms with Crippen molar-refractivity contribution in [3.05, 3.63) is 99.0 Å². The maximum Gasteiger partial charge on any atom is 0.247 e. The number of rotatable bonds is 4. The lowest BCUT2D eigenvalue weighted by Crippen LogP contribution is -2.32. The Morgan fingerprint density at radius 2 is 1.78 bits per heavy atom. The van der Waals surface area contributed by atoms with Gasteiger partial charge >= 0.3 is 0 Å². The maximum atomic E-state index is 13.2. The smallest absolute Gasteiger partial charge is 0.247 e. The highest BCUT2D eigenvalue weighted by molar-refractivity contribution is 9.10. The molecule has 2 aliphatic rings. The standard InChI is InChI=1S/C27H22BrClN4O2S/c1-16-5-7-17(8-6-16)22-14-23(18-9-11-19(28)12-10-18)33(31-22)27(30)36-24-15-25(34)32(26(24)35)21-4-2-3-20(29)13-21/h2-13,23-24,30H,14-15H2,1H3/t23-,24+/m1/s1. The van der Waals surface area contributed by atoms with Crippen LogP contribution >= 0.6 is 39.3 Å². The molecule has 2 aliphatic heterocycles. The van der Waals surface area contributed by atoms with Gasteiger partial charge < -0.3 is 0 Å². The van der Waals surface area contributed by atoms with E-state index < -0.39 is 5.25 Å². The van der Waals surface area contributed by atoms with Crippen LogP contribution in [0.4, 0.5) is 5.69 Å². The fraction of sp³-hybridized carbons (Fsp3) is 0.185. The van der Waals surface area contributed by atoms with Crippen molar-refractivity contribution in [2.75, 3.05) is 4.90 Å². The lowest BCUT2D eigenvalue weighted by molar-refractivity contribution is -0.121. The highest BCUT2D eigenvalue weighted by Gasteiger charge is 2.42. The highest BCUT2D eigenvalue weighted by Crippen LogP contribution is 2.38. The first-order chi connectivity index (χ1) is 17.3. The average molecular weight is 582 g/mol. The van der Waals surface area contributed by atoms with Gasteiger partial charge in [0.05, 0.1) is 17.4 Å². The van der Waals surface area contributed by atoms with Crippen molar-refractivity contribution in [3.8, 4) is 0 Å². The maximum absolute atomic E-state index is 13.2. The van der Waals surface area contributed by atoms with E-state index in [1.54, 1.807) is 29.3 Å². The molecule has 2 atom stereocenters. The molecule has 6 nitrogen and oxygen atoms in total. The molecule has 2 heterocycles. The number of halogens is 2. The van der Waals surface area contributed by atoms with Crippen molar-refractivity contribution in [2.24, 2.45) is 5.10 Å². The van der Waals surface area contributed by atoms with Crippen molar-refractivity contribution in [1.82, 2.24) is 5.01 Å². The number of amides is 2. The summed E-state index contributed by atoms with van der Waals surface area (Å²) >= 11 is 10.6. The minimum Gasteiger partial charge on any atom is -0.277 e. The van der Waals surface area contributed by atoms with Gasteiger partial charge in [-0.15, -0.1) is 0 Å². The van der Waals surface area contributed by atoms with Crippen molar-refractivity contribution in [1.29, 1.82) is 5.41 Å². The molecule has 0 spiro atoms. The Morgan fingerprint density at radius 1 is 1.06 bits per heavy atom. The summed E-state index contributed by atoms with van der Waals surface area (Å²) in [6.07, 6.45) is 0.642. The predicted molar refractivity (Wildman–Crippen MR) is 149 cm³/mol. The first-order valence-corrected chi connectivity index (χ1v) is 13.4. The van der Waals surface area contributed by atoms with Crippen LogP contribution in [0, 0.1) is 12.3 Å². The van der Waals surface area contributed by atoms with Crippen molar-refractivity contribution >= 4 is 67.7 Å². The molecule has 1 saturated heterocycles. The van der Waals surface area contributed by atoms with Crippen molar-refractivity contribution in [3.63, 3.8) is 0 Å². The summed E-state index contributed by atoms with van der Waals surface area (Å²) in [6.45, 7) is 2.04. The molecule has 0 saturated carbocycles. The van der Waals surface area contributed by atoms with Crippen LogP contribution in [0.1, 0.15) is 35.6 Å². The van der Waals surface area contributed by atoms with Crippen LogP contribution in [-0.2, 0) is 9.59 Å². The third kappa shape index (κ3) is 4.98. The minimum atomic E-state index is -0.701. The van der Waals surface area contributed by atoms with E-state index in [2.05, 4.69) is 15.9 Å². The number of hydrogen-bond acceptors (Lipinski definition) is 5. The predicted octanol–water partition coefficient (Wildman–Crippen LogP) is 6.56. The SMILES string of the molecule is Cc1ccc(C2=NN(C(=N)S[C@H]3CC(=O)N(c4cccc(Cl)c4)C3=O)[C@@H](c3ccc(Br)cc3)C2)cc1. The van der Waals surface area contributed by atoms with E-state index in [0.29, 0.717) is 17.1 Å². The molecule has 0 aliphatic carbocycles. The number of hydrazone groups is 1. The van der Waals surface area contributed by atoms with Crippen LogP contribution in [0.5, 0.6) is 0 Å². The van der Waals surface area contributed by atoms with Gasteiger partial charge in [0.1, 0.15) is 5.25 Å². The van der Waals surface area contributed by atoms with Crippen molar-refractivity contribution < 1.29 is 9.59 Å². The van der Waals surface area contributed by atoms with Gasteiger partial charge in [0.2, 0.25) is 11.8 Å². The monoisotopic (exact) mass is 580 g/mol. The fourth-order valence-corrected chi connectivity index (χ4v) is 5.76. The number of imide groups is 1. The van der Waals surface area contributed by atoms with Gasteiger partial charge in [0, 0.05) is 22.3 Å². The van der Waals surface area contributed by atoms with E-state index in [1.165, 1.54) is 0 Å². The first kappa shape index (κ1) is 24.7. The summed E-state index contributed by atoms with van der Waals surface area (Å²) in [5, 5.41) is 15.2. The molecular weight excluding hydrogens is 560 g/mol. The van der Waals surface area contributed by atoms with Gasteiger partial charge in [0.15, 0.2) is 5.17 Å². The zero-order chi connectivity index (χ0) is 25.4. The van der Waals surface area contributed by atoms with Gasteiger partial charge in [0.25, 0.3) is 0 Å². The Morgan fingerprint density at radius 3 is 2.47 bits per heavy atom. The summed E-state index contributed by atoms with van der Waals surface area (Å²) in [5.74, 6) is -0.651. The number of thioether (sulfide) groups is 1. The molecule has 182 valence electrons. The second kappa shape index (κ2) is 10.2. The molecule has 0 aromatic heterocycles. The average Bonchev–Trinajstić information content (AvgIpc) is 3.41. The summed E-state index contributed by atoms with van der Waals surface area (Å²) in [7, 11) is 0. The number of nitrogens with one attached hydrogen (secondary N) is 1. The minimum absolute atomic E-state index is 0.0176. The number of carbonyl (C=O) groups excluding carboxylic acids is 2. The second-order valence-electron chi connectivity index (χ2n) is 8.69.